The molecule has 3 aromatic rings. The zero-order valence-corrected chi connectivity index (χ0v) is 21.9. The van der Waals surface area contributed by atoms with Gasteiger partial charge in [0, 0.05) is 29.1 Å². The molecule has 0 heterocycles. The monoisotopic (exact) mass is 485 g/mol. The van der Waals surface area contributed by atoms with Crippen LogP contribution < -0.4 is 4.74 Å². The summed E-state index contributed by atoms with van der Waals surface area (Å²) in [6.45, 7) is 14.0. The van der Waals surface area contributed by atoms with Gasteiger partial charge < -0.3 is 9.84 Å². The van der Waals surface area contributed by atoms with Crippen LogP contribution >= 0.6 is 0 Å². The summed E-state index contributed by atoms with van der Waals surface area (Å²) in [5.74, 6) is 0.429. The molecule has 4 heteroatoms. The minimum absolute atomic E-state index is 0.0210. The molecule has 0 saturated carbocycles. The topological polar surface area (TPSA) is 49.8 Å². The molecule has 3 rings (SSSR count). The fourth-order valence-electron chi connectivity index (χ4n) is 4.78. The number of carbonyl (C=O) groups excluding carboxylic acids is 1. The molecule has 2 atom stereocenters. The van der Waals surface area contributed by atoms with Crippen molar-refractivity contribution in [2.75, 3.05) is 13.2 Å². The smallest absolute Gasteiger partial charge is 0.195 e. The Morgan fingerprint density at radius 2 is 1.50 bits per heavy atom. The molecule has 0 bridgehead atoms. The highest BCUT2D eigenvalue weighted by Gasteiger charge is 2.25. The van der Waals surface area contributed by atoms with E-state index in [4.69, 9.17) is 4.74 Å². The molecular formula is C32H39NO3. The lowest BCUT2D eigenvalue weighted by molar-refractivity contribution is 0.0747. The minimum atomic E-state index is -1.22. The highest BCUT2D eigenvalue weighted by molar-refractivity contribution is 6.00. The number of ketones is 1. The van der Waals surface area contributed by atoms with Crippen molar-refractivity contribution in [3.63, 3.8) is 0 Å². The Hall–Kier alpha value is -3.21. The van der Waals surface area contributed by atoms with Crippen molar-refractivity contribution in [1.82, 2.24) is 4.90 Å². The highest BCUT2D eigenvalue weighted by Crippen LogP contribution is 2.36. The van der Waals surface area contributed by atoms with Crippen molar-refractivity contribution in [3.8, 4) is 5.75 Å². The quantitative estimate of drug-likeness (QED) is 0.213. The lowest BCUT2D eigenvalue weighted by atomic mass is 9.85. The van der Waals surface area contributed by atoms with Crippen LogP contribution in [-0.4, -0.2) is 41.0 Å². The first kappa shape index (κ1) is 27.4. The summed E-state index contributed by atoms with van der Waals surface area (Å²) in [4.78, 5) is 15.8. The summed E-state index contributed by atoms with van der Waals surface area (Å²) in [5.41, 5.74) is 3.17. The van der Waals surface area contributed by atoms with E-state index >= 15 is 0 Å². The van der Waals surface area contributed by atoms with Crippen LogP contribution in [-0.2, 0) is 0 Å². The van der Waals surface area contributed by atoms with Crippen molar-refractivity contribution in [2.45, 2.75) is 58.2 Å². The van der Waals surface area contributed by atoms with Gasteiger partial charge in [-0.1, -0.05) is 73.3 Å². The molecule has 36 heavy (non-hydrogen) atoms. The summed E-state index contributed by atoms with van der Waals surface area (Å²) in [5, 5.41) is 10.8. The maximum absolute atomic E-state index is 13.3. The van der Waals surface area contributed by atoms with E-state index in [0.29, 0.717) is 29.8 Å². The number of ether oxygens (including phenoxy) is 1. The molecule has 0 aliphatic heterocycles. The van der Waals surface area contributed by atoms with Crippen molar-refractivity contribution in [2.24, 2.45) is 0 Å². The summed E-state index contributed by atoms with van der Waals surface area (Å²) < 4.78 is 6.06. The van der Waals surface area contributed by atoms with Crippen LogP contribution in [0.2, 0.25) is 0 Å². The highest BCUT2D eigenvalue weighted by atomic mass is 16.5. The Bertz CT molecular complexity index is 1100. The molecule has 3 aromatic carbocycles. The van der Waals surface area contributed by atoms with E-state index in [9.17, 15) is 9.90 Å². The first-order valence-electron chi connectivity index (χ1n) is 12.8. The molecule has 0 radical (unpaired) electrons. The maximum atomic E-state index is 13.3. The predicted molar refractivity (Wildman–Crippen MR) is 148 cm³/mol. The molecular weight excluding hydrogens is 446 g/mol. The fourth-order valence-corrected chi connectivity index (χ4v) is 4.78. The Balaban J connectivity index is 2.04. The molecule has 0 aromatic heterocycles. The first-order chi connectivity index (χ1) is 17.3. The van der Waals surface area contributed by atoms with Gasteiger partial charge >= 0.3 is 0 Å². The molecule has 0 fully saturated rings. The average Bonchev–Trinajstić information content (AvgIpc) is 2.89. The number of benzene rings is 3. The van der Waals surface area contributed by atoms with Crippen LogP contribution in [0.3, 0.4) is 0 Å². The Morgan fingerprint density at radius 3 is 2.06 bits per heavy atom. The van der Waals surface area contributed by atoms with Gasteiger partial charge in [-0.15, -0.1) is 0 Å². The molecule has 0 saturated heterocycles. The molecule has 4 nitrogen and oxygen atoms in total. The van der Waals surface area contributed by atoms with Crippen LogP contribution in [0.25, 0.3) is 0 Å². The molecule has 0 aliphatic carbocycles. The molecule has 0 amide bonds. The molecule has 1 N–H and O–H groups in total. The van der Waals surface area contributed by atoms with Gasteiger partial charge in [0.15, 0.2) is 5.78 Å². The molecule has 190 valence electrons. The first-order valence-corrected chi connectivity index (χ1v) is 12.8. The van der Waals surface area contributed by atoms with Crippen molar-refractivity contribution < 1.29 is 14.6 Å². The van der Waals surface area contributed by atoms with E-state index in [0.717, 1.165) is 24.3 Å². The van der Waals surface area contributed by atoms with Crippen LogP contribution in [0.1, 0.15) is 73.2 Å². The SMILES string of the molecule is C=CCOc1ccc(C(=O)[C@H](O)c2ccccc2)cc1C(CCN(C(C)C)C(C)C)c1ccccc1. The number of hydrogen-bond donors (Lipinski definition) is 1. The third kappa shape index (κ3) is 6.93. The van der Waals surface area contributed by atoms with E-state index in [-0.39, 0.29) is 11.7 Å². The summed E-state index contributed by atoms with van der Waals surface area (Å²) >= 11 is 0. The molecule has 0 aliphatic rings. The lowest BCUT2D eigenvalue weighted by Crippen LogP contribution is -2.38. The van der Waals surface area contributed by atoms with Crippen molar-refractivity contribution >= 4 is 5.78 Å². The zero-order chi connectivity index (χ0) is 26.1. The summed E-state index contributed by atoms with van der Waals surface area (Å²) in [6, 6.07) is 25.8. The van der Waals surface area contributed by atoms with Crippen LogP contribution in [0.15, 0.2) is 91.5 Å². The van der Waals surface area contributed by atoms with E-state index < -0.39 is 6.10 Å². The normalized spacial score (nSPS) is 13.1. The van der Waals surface area contributed by atoms with E-state index in [1.807, 2.05) is 48.5 Å². The van der Waals surface area contributed by atoms with Gasteiger partial charge in [0.25, 0.3) is 0 Å². The van der Waals surface area contributed by atoms with Gasteiger partial charge in [0.05, 0.1) is 0 Å². The van der Waals surface area contributed by atoms with Crippen LogP contribution in [0.4, 0.5) is 0 Å². The second kappa shape index (κ2) is 13.2. The number of rotatable bonds is 13. The Kier molecular flexibility index (Phi) is 10.0. The molecule has 0 spiro atoms. The van der Waals surface area contributed by atoms with E-state index in [1.165, 1.54) is 5.56 Å². The minimum Gasteiger partial charge on any atom is -0.489 e. The van der Waals surface area contributed by atoms with Gasteiger partial charge in [-0.3, -0.25) is 9.69 Å². The number of carbonyl (C=O) groups is 1. The zero-order valence-electron chi connectivity index (χ0n) is 21.9. The Morgan fingerprint density at radius 1 is 0.917 bits per heavy atom. The van der Waals surface area contributed by atoms with Crippen LogP contribution in [0.5, 0.6) is 5.75 Å². The fraction of sp³-hybridized carbons (Fsp3) is 0.344. The van der Waals surface area contributed by atoms with Gasteiger partial charge in [-0.2, -0.15) is 0 Å². The van der Waals surface area contributed by atoms with Crippen molar-refractivity contribution in [3.05, 3.63) is 114 Å². The largest absolute Gasteiger partial charge is 0.489 e. The number of hydrogen-bond acceptors (Lipinski definition) is 4. The van der Waals surface area contributed by atoms with E-state index in [1.54, 1.807) is 24.3 Å². The van der Waals surface area contributed by atoms with Crippen LogP contribution in [0, 0.1) is 0 Å². The number of Topliss-reactive ketones (excluding diaryl/α,β-unsaturated/α-hetero) is 1. The second-order valence-corrected chi connectivity index (χ2v) is 9.71. The standard InChI is InChI=1S/C32H39NO3/c1-6-21-36-30-18-17-27(32(35)31(34)26-15-11-8-12-16-26)22-29(30)28(25-13-9-7-10-14-25)19-20-33(23(2)3)24(4)5/h6-18,22-24,28,31,34H,1,19-21H2,2-5H3/t28?,31-/m1/s1. The predicted octanol–water partition coefficient (Wildman–Crippen LogP) is 6.81. The van der Waals surface area contributed by atoms with Gasteiger partial charge in [0.1, 0.15) is 18.5 Å². The van der Waals surface area contributed by atoms with Gasteiger partial charge in [-0.25, -0.2) is 0 Å². The van der Waals surface area contributed by atoms with E-state index in [2.05, 4.69) is 51.3 Å². The van der Waals surface area contributed by atoms with Gasteiger partial charge in [-0.05, 0) is 70.0 Å². The lowest BCUT2D eigenvalue weighted by Gasteiger charge is -2.32. The second-order valence-electron chi connectivity index (χ2n) is 9.71. The summed E-state index contributed by atoms with van der Waals surface area (Å²) in [6.07, 6.45) is 1.37. The van der Waals surface area contributed by atoms with Crippen molar-refractivity contribution in [1.29, 1.82) is 0 Å². The number of aliphatic hydroxyl groups excluding tert-OH is 1. The van der Waals surface area contributed by atoms with Gasteiger partial charge in [0.2, 0.25) is 0 Å². The number of nitrogens with zero attached hydrogens (tertiary/aromatic N) is 1. The average molecular weight is 486 g/mol. The molecule has 1 unspecified atom stereocenters. The summed E-state index contributed by atoms with van der Waals surface area (Å²) in [7, 11) is 0. The third-order valence-corrected chi connectivity index (χ3v) is 6.59. The maximum Gasteiger partial charge on any atom is 0.195 e. The number of aliphatic hydroxyl groups is 1. The Labute approximate surface area is 216 Å². The third-order valence-electron chi connectivity index (χ3n) is 6.59.